The van der Waals surface area contributed by atoms with Crippen molar-refractivity contribution in [3.63, 3.8) is 0 Å². The Morgan fingerprint density at radius 2 is 2.00 bits per heavy atom. The van der Waals surface area contributed by atoms with Crippen molar-refractivity contribution in [1.82, 2.24) is 20.3 Å². The second-order valence-electron chi connectivity index (χ2n) is 5.64. The standard InChI is InChI=1S/C17H13BrClN5O3/c18-15-6-3-12(7-16(15)24(26)27)17(25)20-8-14-10-23(22-21-14)9-11-1-4-13(19)5-2-11/h1-7,10H,8-9H2,(H,20,25). The third-order valence-electron chi connectivity index (χ3n) is 3.68. The minimum atomic E-state index is -0.552. The summed E-state index contributed by atoms with van der Waals surface area (Å²) < 4.78 is 1.96. The van der Waals surface area contributed by atoms with Crippen molar-refractivity contribution in [2.75, 3.05) is 0 Å². The van der Waals surface area contributed by atoms with Crippen LogP contribution in [0.5, 0.6) is 0 Å². The van der Waals surface area contributed by atoms with Crippen LogP contribution in [0, 0.1) is 10.1 Å². The third-order valence-corrected chi connectivity index (χ3v) is 4.60. The van der Waals surface area contributed by atoms with E-state index in [1.165, 1.54) is 18.2 Å². The lowest BCUT2D eigenvalue weighted by molar-refractivity contribution is -0.385. The van der Waals surface area contributed by atoms with E-state index in [2.05, 4.69) is 31.6 Å². The normalized spacial score (nSPS) is 10.6. The van der Waals surface area contributed by atoms with Crippen LogP contribution in [0.3, 0.4) is 0 Å². The summed E-state index contributed by atoms with van der Waals surface area (Å²) in [5, 5.41) is 22.3. The van der Waals surface area contributed by atoms with Gasteiger partial charge in [-0.2, -0.15) is 0 Å². The zero-order valence-corrected chi connectivity index (χ0v) is 16.1. The summed E-state index contributed by atoms with van der Waals surface area (Å²) in [7, 11) is 0. The first-order valence-corrected chi connectivity index (χ1v) is 8.95. The summed E-state index contributed by atoms with van der Waals surface area (Å²) in [6, 6.07) is 11.6. The van der Waals surface area contributed by atoms with Crippen LogP contribution in [0.4, 0.5) is 5.69 Å². The molecule has 2 aromatic carbocycles. The van der Waals surface area contributed by atoms with E-state index in [1.54, 1.807) is 23.0 Å². The maximum Gasteiger partial charge on any atom is 0.284 e. The fourth-order valence-corrected chi connectivity index (χ4v) is 2.86. The number of hydrogen-bond donors (Lipinski definition) is 1. The van der Waals surface area contributed by atoms with Gasteiger partial charge >= 0.3 is 0 Å². The highest BCUT2D eigenvalue weighted by molar-refractivity contribution is 9.10. The molecule has 0 unspecified atom stereocenters. The maximum absolute atomic E-state index is 12.2. The zero-order valence-electron chi connectivity index (χ0n) is 13.8. The van der Waals surface area contributed by atoms with Gasteiger partial charge in [-0.25, -0.2) is 4.68 Å². The molecular weight excluding hydrogens is 438 g/mol. The van der Waals surface area contributed by atoms with Crippen LogP contribution >= 0.6 is 27.5 Å². The molecule has 27 heavy (non-hydrogen) atoms. The third kappa shape index (κ3) is 4.89. The number of aromatic nitrogens is 3. The second-order valence-corrected chi connectivity index (χ2v) is 6.93. The van der Waals surface area contributed by atoms with Gasteiger partial charge in [-0.05, 0) is 45.8 Å². The molecule has 1 N–H and O–H groups in total. The van der Waals surface area contributed by atoms with Crippen molar-refractivity contribution in [1.29, 1.82) is 0 Å². The van der Waals surface area contributed by atoms with Crippen LogP contribution in [-0.2, 0) is 13.1 Å². The van der Waals surface area contributed by atoms with Crippen molar-refractivity contribution >= 4 is 39.1 Å². The van der Waals surface area contributed by atoms with Gasteiger partial charge in [0, 0.05) is 16.7 Å². The lowest BCUT2D eigenvalue weighted by atomic mass is 10.2. The van der Waals surface area contributed by atoms with E-state index in [9.17, 15) is 14.9 Å². The number of amides is 1. The summed E-state index contributed by atoms with van der Waals surface area (Å²) in [6.07, 6.45) is 1.72. The van der Waals surface area contributed by atoms with Gasteiger partial charge in [0.1, 0.15) is 5.69 Å². The molecule has 3 aromatic rings. The topological polar surface area (TPSA) is 103 Å². The Morgan fingerprint density at radius 3 is 2.70 bits per heavy atom. The molecule has 0 fully saturated rings. The van der Waals surface area contributed by atoms with Crippen molar-refractivity contribution in [2.24, 2.45) is 0 Å². The van der Waals surface area contributed by atoms with E-state index >= 15 is 0 Å². The highest BCUT2D eigenvalue weighted by Crippen LogP contribution is 2.25. The molecule has 10 heteroatoms. The number of halogens is 2. The molecule has 0 saturated heterocycles. The van der Waals surface area contributed by atoms with E-state index in [1.807, 2.05) is 12.1 Å². The monoisotopic (exact) mass is 449 g/mol. The molecular formula is C17H13BrClN5O3. The number of nitro groups is 1. The average Bonchev–Trinajstić information content (AvgIpc) is 3.09. The van der Waals surface area contributed by atoms with E-state index in [0.29, 0.717) is 21.7 Å². The number of benzene rings is 2. The minimum absolute atomic E-state index is 0.156. The smallest absolute Gasteiger partial charge is 0.284 e. The van der Waals surface area contributed by atoms with Crippen molar-refractivity contribution in [3.05, 3.63) is 85.1 Å². The highest BCUT2D eigenvalue weighted by atomic mass is 79.9. The molecule has 1 aromatic heterocycles. The number of nitrogens with one attached hydrogen (secondary N) is 1. The first-order valence-electron chi connectivity index (χ1n) is 7.78. The Hall–Kier alpha value is -2.78. The van der Waals surface area contributed by atoms with Crippen molar-refractivity contribution in [2.45, 2.75) is 13.1 Å². The predicted molar refractivity (Wildman–Crippen MR) is 103 cm³/mol. The Balaban J connectivity index is 1.61. The lowest BCUT2D eigenvalue weighted by Gasteiger charge is -2.04. The van der Waals surface area contributed by atoms with Gasteiger partial charge in [0.15, 0.2) is 0 Å². The molecule has 0 bridgehead atoms. The van der Waals surface area contributed by atoms with Crippen LogP contribution in [0.1, 0.15) is 21.6 Å². The molecule has 0 spiro atoms. The molecule has 1 amide bonds. The van der Waals surface area contributed by atoms with E-state index in [-0.39, 0.29) is 17.8 Å². The molecule has 3 rings (SSSR count). The molecule has 138 valence electrons. The van der Waals surface area contributed by atoms with Gasteiger partial charge in [0.25, 0.3) is 11.6 Å². The second kappa shape index (κ2) is 8.28. The van der Waals surface area contributed by atoms with Crippen LogP contribution in [0.25, 0.3) is 0 Å². The Morgan fingerprint density at radius 1 is 1.26 bits per heavy atom. The number of nitro benzene ring substituents is 1. The molecule has 0 radical (unpaired) electrons. The molecule has 0 aliphatic rings. The molecule has 8 nitrogen and oxygen atoms in total. The summed E-state index contributed by atoms with van der Waals surface area (Å²) >= 11 is 8.95. The Kier molecular flexibility index (Phi) is 5.82. The lowest BCUT2D eigenvalue weighted by Crippen LogP contribution is -2.23. The van der Waals surface area contributed by atoms with Gasteiger partial charge in [-0.3, -0.25) is 14.9 Å². The molecule has 0 aliphatic carbocycles. The largest absolute Gasteiger partial charge is 0.346 e. The van der Waals surface area contributed by atoms with E-state index < -0.39 is 10.8 Å². The van der Waals surface area contributed by atoms with Gasteiger partial charge in [0.05, 0.1) is 28.7 Å². The number of carbonyl (C=O) groups is 1. The zero-order chi connectivity index (χ0) is 19.4. The summed E-state index contributed by atoms with van der Waals surface area (Å²) in [6.45, 7) is 0.681. The quantitative estimate of drug-likeness (QED) is 0.457. The fraction of sp³-hybridized carbons (Fsp3) is 0.118. The van der Waals surface area contributed by atoms with E-state index in [4.69, 9.17) is 11.6 Å². The molecule has 0 atom stereocenters. The first-order chi connectivity index (χ1) is 12.9. The number of nitrogens with zero attached hydrogens (tertiary/aromatic N) is 4. The maximum atomic E-state index is 12.2. The average molecular weight is 451 g/mol. The number of rotatable bonds is 6. The van der Waals surface area contributed by atoms with Gasteiger partial charge in [0.2, 0.25) is 0 Å². The summed E-state index contributed by atoms with van der Waals surface area (Å²) in [5.74, 6) is -0.433. The van der Waals surface area contributed by atoms with Crippen LogP contribution in [-0.4, -0.2) is 25.8 Å². The first kappa shape index (κ1) is 19.0. The van der Waals surface area contributed by atoms with Crippen LogP contribution in [0.15, 0.2) is 53.1 Å². The van der Waals surface area contributed by atoms with Gasteiger partial charge in [-0.1, -0.05) is 28.9 Å². The predicted octanol–water partition coefficient (Wildman–Crippen LogP) is 3.58. The molecule has 1 heterocycles. The minimum Gasteiger partial charge on any atom is -0.346 e. The van der Waals surface area contributed by atoms with Crippen LogP contribution in [0.2, 0.25) is 5.02 Å². The highest BCUT2D eigenvalue weighted by Gasteiger charge is 2.16. The van der Waals surface area contributed by atoms with Crippen molar-refractivity contribution in [3.8, 4) is 0 Å². The Labute approximate surface area is 167 Å². The summed E-state index contributed by atoms with van der Waals surface area (Å²) in [5.41, 5.74) is 1.61. The van der Waals surface area contributed by atoms with Crippen molar-refractivity contribution < 1.29 is 9.72 Å². The van der Waals surface area contributed by atoms with E-state index in [0.717, 1.165) is 5.56 Å². The fourth-order valence-electron chi connectivity index (χ4n) is 2.34. The Bertz CT molecular complexity index is 990. The molecule has 0 saturated carbocycles. The summed E-state index contributed by atoms with van der Waals surface area (Å²) in [4.78, 5) is 22.6. The molecule has 0 aliphatic heterocycles. The van der Waals surface area contributed by atoms with Gasteiger partial charge < -0.3 is 5.32 Å². The SMILES string of the molecule is O=C(NCc1cn(Cc2ccc(Cl)cc2)nn1)c1ccc(Br)c([N+](=O)[O-])c1. The number of hydrogen-bond acceptors (Lipinski definition) is 5. The van der Waals surface area contributed by atoms with Crippen LogP contribution < -0.4 is 5.32 Å². The van der Waals surface area contributed by atoms with Gasteiger partial charge in [-0.15, -0.1) is 5.10 Å². The number of carbonyl (C=O) groups excluding carboxylic acids is 1.